The van der Waals surface area contributed by atoms with E-state index in [0.29, 0.717) is 22.7 Å². The highest BCUT2D eigenvalue weighted by Gasteiger charge is 2.18. The molecule has 4 rings (SSSR count). The van der Waals surface area contributed by atoms with E-state index in [4.69, 9.17) is 4.74 Å². The number of hydrogen-bond donors (Lipinski definition) is 1. The van der Waals surface area contributed by atoms with Gasteiger partial charge in [-0.15, -0.1) is 0 Å². The zero-order chi connectivity index (χ0) is 20.2. The Morgan fingerprint density at radius 3 is 2.59 bits per heavy atom. The summed E-state index contributed by atoms with van der Waals surface area (Å²) in [5.74, 6) is -0.266. The minimum atomic E-state index is -0.266. The summed E-state index contributed by atoms with van der Waals surface area (Å²) in [6.07, 6.45) is 3.79. The van der Waals surface area contributed by atoms with Crippen molar-refractivity contribution in [1.29, 1.82) is 0 Å². The van der Waals surface area contributed by atoms with Gasteiger partial charge in [-0.3, -0.25) is 14.2 Å². The molecule has 1 aromatic heterocycles. The highest BCUT2D eigenvalue weighted by molar-refractivity contribution is 5.91. The first-order chi connectivity index (χ1) is 14.1. The van der Waals surface area contributed by atoms with Gasteiger partial charge in [0.2, 0.25) is 5.91 Å². The van der Waals surface area contributed by atoms with E-state index in [1.165, 1.54) is 10.9 Å². The van der Waals surface area contributed by atoms with Crippen LogP contribution in [0.2, 0.25) is 0 Å². The zero-order valence-electron chi connectivity index (χ0n) is 16.4. The van der Waals surface area contributed by atoms with Crippen molar-refractivity contribution < 1.29 is 9.53 Å². The predicted molar refractivity (Wildman–Crippen MR) is 113 cm³/mol. The molecule has 0 unspecified atom stereocenters. The van der Waals surface area contributed by atoms with Crippen molar-refractivity contribution in [2.24, 2.45) is 0 Å². The topological polar surface area (TPSA) is 76.5 Å². The van der Waals surface area contributed by atoms with E-state index in [0.717, 1.165) is 31.6 Å². The Balaban J connectivity index is 1.39. The van der Waals surface area contributed by atoms with Crippen molar-refractivity contribution in [2.45, 2.75) is 25.5 Å². The zero-order valence-corrected chi connectivity index (χ0v) is 16.4. The van der Waals surface area contributed by atoms with Gasteiger partial charge < -0.3 is 15.0 Å². The molecule has 7 nitrogen and oxygen atoms in total. The second kappa shape index (κ2) is 8.45. The number of nitrogens with one attached hydrogen (secondary N) is 1. The van der Waals surface area contributed by atoms with Gasteiger partial charge in [-0.05, 0) is 49.2 Å². The van der Waals surface area contributed by atoms with Crippen molar-refractivity contribution in [3.63, 3.8) is 0 Å². The van der Waals surface area contributed by atoms with Crippen LogP contribution in [0, 0.1) is 0 Å². The van der Waals surface area contributed by atoms with Crippen LogP contribution in [-0.2, 0) is 16.1 Å². The molecular formula is C22H24N4O3. The first-order valence-corrected chi connectivity index (χ1v) is 9.76. The summed E-state index contributed by atoms with van der Waals surface area (Å²) in [7, 11) is 1.76. The van der Waals surface area contributed by atoms with Crippen molar-refractivity contribution >= 4 is 28.2 Å². The molecule has 1 amide bonds. The van der Waals surface area contributed by atoms with E-state index in [9.17, 15) is 9.59 Å². The molecule has 0 bridgehead atoms. The molecular weight excluding hydrogens is 368 g/mol. The molecule has 0 saturated carbocycles. The number of anilines is 2. The van der Waals surface area contributed by atoms with E-state index in [-0.39, 0.29) is 18.0 Å². The summed E-state index contributed by atoms with van der Waals surface area (Å²) >= 11 is 0. The van der Waals surface area contributed by atoms with E-state index < -0.39 is 0 Å². The lowest BCUT2D eigenvalue weighted by molar-refractivity contribution is -0.116. The van der Waals surface area contributed by atoms with Crippen LogP contribution in [0.1, 0.15) is 12.8 Å². The SMILES string of the molecule is COC1CCN(c2ccc(NC(=O)Cn3cnc4ccccc4c3=O)cc2)CC1. The van der Waals surface area contributed by atoms with Crippen LogP contribution in [-0.4, -0.2) is 41.8 Å². The Labute approximate surface area is 168 Å². The molecule has 0 spiro atoms. The van der Waals surface area contributed by atoms with Crippen LogP contribution in [0.15, 0.2) is 59.7 Å². The van der Waals surface area contributed by atoms with E-state index in [1.807, 2.05) is 30.3 Å². The molecule has 150 valence electrons. The number of carbonyl (C=O) groups excluding carboxylic acids is 1. The molecule has 29 heavy (non-hydrogen) atoms. The number of fused-ring (bicyclic) bond motifs is 1. The second-order valence-corrected chi connectivity index (χ2v) is 7.21. The molecule has 3 aromatic rings. The Kier molecular flexibility index (Phi) is 5.57. The third-order valence-electron chi connectivity index (χ3n) is 5.34. The Hall–Kier alpha value is -3.19. The summed E-state index contributed by atoms with van der Waals surface area (Å²) < 4.78 is 6.74. The number of piperidine rings is 1. The predicted octanol–water partition coefficient (Wildman–Crippen LogP) is 2.65. The Morgan fingerprint density at radius 1 is 1.14 bits per heavy atom. The first kappa shape index (κ1) is 19.1. The summed E-state index contributed by atoms with van der Waals surface area (Å²) in [5.41, 5.74) is 2.24. The van der Waals surface area contributed by atoms with Gasteiger partial charge in [0.05, 0.1) is 23.3 Å². The van der Waals surface area contributed by atoms with Crippen LogP contribution in [0.3, 0.4) is 0 Å². The average Bonchev–Trinajstić information content (AvgIpc) is 2.76. The van der Waals surface area contributed by atoms with Gasteiger partial charge in [0, 0.05) is 31.6 Å². The highest BCUT2D eigenvalue weighted by atomic mass is 16.5. The minimum absolute atomic E-state index is 0.0804. The summed E-state index contributed by atoms with van der Waals surface area (Å²) in [6, 6.07) is 14.9. The normalized spacial score (nSPS) is 14.9. The lowest BCUT2D eigenvalue weighted by Gasteiger charge is -2.33. The smallest absolute Gasteiger partial charge is 0.261 e. The molecule has 1 N–H and O–H groups in total. The third-order valence-corrected chi connectivity index (χ3v) is 5.34. The minimum Gasteiger partial charge on any atom is -0.381 e. The van der Waals surface area contributed by atoms with Crippen molar-refractivity contribution in [1.82, 2.24) is 9.55 Å². The lowest BCUT2D eigenvalue weighted by Crippen LogP contribution is -2.36. The van der Waals surface area contributed by atoms with Gasteiger partial charge in [0.15, 0.2) is 0 Å². The van der Waals surface area contributed by atoms with Crippen molar-refractivity contribution in [3.05, 3.63) is 65.2 Å². The van der Waals surface area contributed by atoms with Gasteiger partial charge in [0.1, 0.15) is 6.54 Å². The molecule has 2 aromatic carbocycles. The number of aromatic nitrogens is 2. The van der Waals surface area contributed by atoms with E-state index in [1.54, 1.807) is 25.3 Å². The number of para-hydroxylation sites is 1. The number of methoxy groups -OCH3 is 1. The van der Waals surface area contributed by atoms with Crippen LogP contribution in [0.25, 0.3) is 10.9 Å². The summed E-state index contributed by atoms with van der Waals surface area (Å²) in [6.45, 7) is 1.84. The highest BCUT2D eigenvalue weighted by Crippen LogP contribution is 2.23. The van der Waals surface area contributed by atoms with E-state index >= 15 is 0 Å². The van der Waals surface area contributed by atoms with Crippen LogP contribution in [0.4, 0.5) is 11.4 Å². The largest absolute Gasteiger partial charge is 0.381 e. The quantitative estimate of drug-likeness (QED) is 0.722. The van der Waals surface area contributed by atoms with Gasteiger partial charge in [-0.1, -0.05) is 12.1 Å². The fraction of sp³-hybridized carbons (Fsp3) is 0.318. The van der Waals surface area contributed by atoms with Crippen molar-refractivity contribution in [3.8, 4) is 0 Å². The number of carbonyl (C=O) groups is 1. The van der Waals surface area contributed by atoms with Crippen LogP contribution in [0.5, 0.6) is 0 Å². The summed E-state index contributed by atoms with van der Waals surface area (Å²) in [5, 5.41) is 3.35. The van der Waals surface area contributed by atoms with Gasteiger partial charge >= 0.3 is 0 Å². The number of nitrogens with zero attached hydrogens (tertiary/aromatic N) is 3. The van der Waals surface area contributed by atoms with E-state index in [2.05, 4.69) is 15.2 Å². The molecule has 0 aliphatic carbocycles. The lowest BCUT2D eigenvalue weighted by atomic mass is 10.1. The summed E-state index contributed by atoms with van der Waals surface area (Å²) in [4.78, 5) is 31.5. The molecule has 1 aliphatic heterocycles. The van der Waals surface area contributed by atoms with Crippen LogP contribution >= 0.6 is 0 Å². The van der Waals surface area contributed by atoms with Gasteiger partial charge in [-0.2, -0.15) is 0 Å². The van der Waals surface area contributed by atoms with Crippen molar-refractivity contribution in [2.75, 3.05) is 30.4 Å². The number of amides is 1. The maximum atomic E-state index is 12.5. The average molecular weight is 392 g/mol. The number of rotatable bonds is 5. The molecule has 0 atom stereocenters. The molecule has 2 heterocycles. The molecule has 1 saturated heterocycles. The fourth-order valence-electron chi connectivity index (χ4n) is 3.68. The number of ether oxygens (including phenoxy) is 1. The molecule has 7 heteroatoms. The maximum absolute atomic E-state index is 12.5. The Bertz CT molecular complexity index is 1050. The molecule has 1 fully saturated rings. The van der Waals surface area contributed by atoms with Gasteiger partial charge in [-0.25, -0.2) is 4.98 Å². The van der Waals surface area contributed by atoms with Gasteiger partial charge in [0.25, 0.3) is 5.56 Å². The molecule has 0 radical (unpaired) electrons. The second-order valence-electron chi connectivity index (χ2n) is 7.21. The maximum Gasteiger partial charge on any atom is 0.261 e. The third kappa shape index (κ3) is 4.30. The van der Waals surface area contributed by atoms with Crippen LogP contribution < -0.4 is 15.8 Å². The fourth-order valence-corrected chi connectivity index (χ4v) is 3.68. The standard InChI is InChI=1S/C22H24N4O3/c1-29-18-10-12-25(13-11-18)17-8-6-16(7-9-17)24-21(27)14-26-15-23-20-5-3-2-4-19(20)22(26)28/h2-9,15,18H,10-14H2,1H3,(H,24,27). The first-order valence-electron chi connectivity index (χ1n) is 9.76. The molecule has 1 aliphatic rings. The Morgan fingerprint density at radius 2 is 1.86 bits per heavy atom. The monoisotopic (exact) mass is 392 g/mol. The number of hydrogen-bond acceptors (Lipinski definition) is 5. The number of benzene rings is 2.